The van der Waals surface area contributed by atoms with E-state index in [1.54, 1.807) is 18.3 Å². The Balaban J connectivity index is 1.66. The Hall–Kier alpha value is -4.50. The van der Waals surface area contributed by atoms with Crippen molar-refractivity contribution >= 4 is 40.6 Å². The molecule has 204 valence electrons. The molecule has 1 aliphatic rings. The lowest BCUT2D eigenvalue weighted by atomic mass is 9.96. The molecule has 1 saturated heterocycles. The zero-order chi connectivity index (χ0) is 28.6. The topological polar surface area (TPSA) is 99.5 Å². The van der Waals surface area contributed by atoms with Crippen molar-refractivity contribution in [2.75, 3.05) is 10.2 Å². The van der Waals surface area contributed by atoms with E-state index in [9.17, 15) is 14.7 Å². The van der Waals surface area contributed by atoms with E-state index in [4.69, 9.17) is 12.2 Å². The third-order valence-corrected chi connectivity index (χ3v) is 7.66. The van der Waals surface area contributed by atoms with E-state index in [1.807, 2.05) is 80.8 Å². The number of aryl methyl sites for hydroxylation is 2. The van der Waals surface area contributed by atoms with Gasteiger partial charge in [-0.15, -0.1) is 0 Å². The smallest absolute Gasteiger partial charge is 0.337 e. The number of aromatic nitrogens is 2. The highest BCUT2D eigenvalue weighted by molar-refractivity contribution is 7.80. The van der Waals surface area contributed by atoms with Crippen molar-refractivity contribution in [3.63, 3.8) is 0 Å². The maximum Gasteiger partial charge on any atom is 0.337 e. The molecule has 8 nitrogen and oxygen atoms in total. The molecule has 0 aliphatic carbocycles. The number of hydrogen-bond acceptors (Lipinski definition) is 4. The second kappa shape index (κ2) is 10.9. The lowest BCUT2D eigenvalue weighted by molar-refractivity contribution is -0.115. The summed E-state index contributed by atoms with van der Waals surface area (Å²) in [5, 5.41) is 16.9. The van der Waals surface area contributed by atoms with Crippen molar-refractivity contribution in [3.05, 3.63) is 107 Å². The van der Waals surface area contributed by atoms with Crippen LogP contribution in [0.2, 0.25) is 0 Å². The Kier molecular flexibility index (Phi) is 7.40. The Labute approximate surface area is 238 Å². The monoisotopic (exact) mass is 553 g/mol. The van der Waals surface area contributed by atoms with E-state index in [0.29, 0.717) is 17.2 Å². The molecule has 3 heterocycles. The molecule has 1 aliphatic heterocycles. The van der Waals surface area contributed by atoms with Crippen LogP contribution in [0.1, 0.15) is 64.0 Å². The summed E-state index contributed by atoms with van der Waals surface area (Å²) in [6.45, 7) is 7.76. The summed E-state index contributed by atoms with van der Waals surface area (Å²) in [5.41, 5.74) is 7.07. The van der Waals surface area contributed by atoms with E-state index >= 15 is 0 Å². The number of pyridine rings is 1. The minimum absolute atomic E-state index is 0.0450. The minimum Gasteiger partial charge on any atom is -0.478 e. The van der Waals surface area contributed by atoms with Crippen LogP contribution in [-0.2, 0) is 4.79 Å². The molecular formula is C31H31N5O3S. The summed E-state index contributed by atoms with van der Waals surface area (Å²) in [7, 11) is 0. The molecule has 9 heteroatoms. The number of carbonyl (C=O) groups excluding carboxylic acids is 1. The van der Waals surface area contributed by atoms with Gasteiger partial charge in [0.1, 0.15) is 0 Å². The number of amides is 1. The molecule has 1 fully saturated rings. The van der Waals surface area contributed by atoms with Gasteiger partial charge in [0, 0.05) is 35.4 Å². The predicted octanol–water partition coefficient (Wildman–Crippen LogP) is 6.02. The van der Waals surface area contributed by atoms with Crippen molar-refractivity contribution in [2.45, 2.75) is 46.2 Å². The molecule has 4 aromatic rings. The highest BCUT2D eigenvalue weighted by Crippen LogP contribution is 2.44. The van der Waals surface area contributed by atoms with Crippen molar-refractivity contribution in [2.24, 2.45) is 0 Å². The number of nitrogens with zero attached hydrogens (tertiary/aromatic N) is 3. The lowest BCUT2D eigenvalue weighted by Gasteiger charge is -2.29. The van der Waals surface area contributed by atoms with Gasteiger partial charge in [0.2, 0.25) is 5.91 Å². The number of thiocarbonyl (C=S) groups is 1. The molecule has 0 bridgehead atoms. The number of carbonyl (C=O) groups is 2. The number of carboxylic acids is 1. The van der Waals surface area contributed by atoms with Crippen LogP contribution >= 0.6 is 12.2 Å². The van der Waals surface area contributed by atoms with Crippen LogP contribution in [0.4, 0.5) is 11.4 Å². The Morgan fingerprint density at radius 2 is 1.80 bits per heavy atom. The summed E-state index contributed by atoms with van der Waals surface area (Å²) in [5.74, 6) is -1.02. The number of para-hydroxylation sites is 1. The fraction of sp³-hybridized carbons (Fsp3) is 0.226. The molecule has 0 unspecified atom stereocenters. The number of benzene rings is 2. The average molecular weight is 554 g/mol. The number of anilines is 2. The average Bonchev–Trinajstić information content (AvgIpc) is 3.44. The standard InChI is InChI=1S/C31H31N5O3S/c1-5-27(37)33-24-14-13-21(16-18(24)2)36-29(28(34-31(36)40)25-11-8-9-15-32-25)23-17-19(3)35(20(23)4)26-12-7-6-10-22(26)30(38)39/h6-17,28-29H,5H2,1-4H3,(H,33,37)(H,34,40)(H,38,39)/t28-,29+/m1/s1. The first-order chi connectivity index (χ1) is 19.2. The summed E-state index contributed by atoms with van der Waals surface area (Å²) >= 11 is 5.91. The van der Waals surface area contributed by atoms with Gasteiger partial charge in [-0.3, -0.25) is 9.78 Å². The van der Waals surface area contributed by atoms with Crippen molar-refractivity contribution in [1.29, 1.82) is 0 Å². The van der Waals surface area contributed by atoms with Crippen LogP contribution in [0.25, 0.3) is 5.69 Å². The Morgan fingerprint density at radius 3 is 2.48 bits per heavy atom. The summed E-state index contributed by atoms with van der Waals surface area (Å²) < 4.78 is 1.99. The SMILES string of the molecule is CCC(=O)Nc1ccc(N2C(=S)N[C@H](c3ccccn3)[C@@H]2c2cc(C)n(-c3ccccc3C(=O)O)c2C)cc1C. The first kappa shape index (κ1) is 27.1. The van der Waals surface area contributed by atoms with Crippen LogP contribution in [0.3, 0.4) is 0 Å². The van der Waals surface area contributed by atoms with Gasteiger partial charge in [-0.1, -0.05) is 25.1 Å². The van der Waals surface area contributed by atoms with E-state index < -0.39 is 5.97 Å². The van der Waals surface area contributed by atoms with E-state index in [2.05, 4.69) is 26.6 Å². The van der Waals surface area contributed by atoms with Crippen LogP contribution < -0.4 is 15.5 Å². The van der Waals surface area contributed by atoms with Crippen molar-refractivity contribution in [3.8, 4) is 5.69 Å². The molecule has 2 atom stereocenters. The second-order valence-corrected chi connectivity index (χ2v) is 10.3. The van der Waals surface area contributed by atoms with Gasteiger partial charge in [0.05, 0.1) is 29.0 Å². The van der Waals surface area contributed by atoms with E-state index in [-0.39, 0.29) is 23.6 Å². The van der Waals surface area contributed by atoms with Crippen LogP contribution in [0, 0.1) is 20.8 Å². The van der Waals surface area contributed by atoms with Crippen molar-refractivity contribution < 1.29 is 14.7 Å². The molecule has 3 N–H and O–H groups in total. The Bertz CT molecular complexity index is 1610. The molecule has 5 rings (SSSR count). The van der Waals surface area contributed by atoms with E-state index in [0.717, 1.165) is 39.6 Å². The molecule has 0 radical (unpaired) electrons. The number of hydrogen-bond donors (Lipinski definition) is 3. The lowest BCUT2D eigenvalue weighted by Crippen LogP contribution is -2.29. The molecule has 2 aromatic heterocycles. The normalized spacial score (nSPS) is 16.6. The van der Waals surface area contributed by atoms with E-state index in [1.165, 1.54) is 0 Å². The summed E-state index contributed by atoms with van der Waals surface area (Å²) in [4.78, 5) is 30.8. The quantitative estimate of drug-likeness (QED) is 0.241. The first-order valence-corrected chi connectivity index (χ1v) is 13.5. The van der Waals surface area contributed by atoms with Gasteiger partial charge in [-0.05, 0) is 92.6 Å². The number of aromatic carboxylic acids is 1. The fourth-order valence-electron chi connectivity index (χ4n) is 5.43. The maximum absolute atomic E-state index is 12.1. The third kappa shape index (κ3) is 4.84. The van der Waals surface area contributed by atoms with Crippen LogP contribution in [0.15, 0.2) is 72.9 Å². The third-order valence-electron chi connectivity index (χ3n) is 7.35. The zero-order valence-electron chi connectivity index (χ0n) is 22.8. The molecule has 2 aromatic carbocycles. The molecule has 1 amide bonds. The molecular weight excluding hydrogens is 522 g/mol. The van der Waals surface area contributed by atoms with Crippen LogP contribution in [-0.4, -0.2) is 31.6 Å². The largest absolute Gasteiger partial charge is 0.478 e. The zero-order valence-corrected chi connectivity index (χ0v) is 23.6. The van der Waals surface area contributed by atoms with Crippen molar-refractivity contribution in [1.82, 2.24) is 14.9 Å². The van der Waals surface area contributed by atoms with Gasteiger partial charge >= 0.3 is 5.97 Å². The predicted molar refractivity (Wildman–Crippen MR) is 160 cm³/mol. The van der Waals surface area contributed by atoms with Crippen LogP contribution in [0.5, 0.6) is 0 Å². The highest BCUT2D eigenvalue weighted by Gasteiger charge is 2.42. The van der Waals surface area contributed by atoms with Gasteiger partial charge < -0.3 is 25.2 Å². The number of carboxylic acid groups (broad SMARTS) is 1. The Morgan fingerprint density at radius 1 is 1.05 bits per heavy atom. The highest BCUT2D eigenvalue weighted by atomic mass is 32.1. The summed E-state index contributed by atoms with van der Waals surface area (Å²) in [6, 6.07) is 20.3. The summed E-state index contributed by atoms with van der Waals surface area (Å²) in [6.07, 6.45) is 2.16. The van der Waals surface area contributed by atoms with Gasteiger partial charge in [0.15, 0.2) is 5.11 Å². The molecule has 40 heavy (non-hydrogen) atoms. The second-order valence-electron chi connectivity index (χ2n) is 9.88. The maximum atomic E-state index is 12.1. The minimum atomic E-state index is -0.980. The first-order valence-electron chi connectivity index (χ1n) is 13.1. The molecule has 0 saturated carbocycles. The molecule has 0 spiro atoms. The number of nitrogens with one attached hydrogen (secondary N) is 2. The van der Waals surface area contributed by atoms with Gasteiger partial charge in [-0.2, -0.15) is 0 Å². The van der Waals surface area contributed by atoms with Gasteiger partial charge in [0.25, 0.3) is 0 Å². The van der Waals surface area contributed by atoms with Gasteiger partial charge in [-0.25, -0.2) is 4.79 Å². The number of rotatable bonds is 7. The fourth-order valence-corrected chi connectivity index (χ4v) is 5.78.